The lowest BCUT2D eigenvalue weighted by molar-refractivity contribution is -0.676. The van der Waals surface area contributed by atoms with Crippen LogP contribution in [0.1, 0.15) is 22.0 Å². The van der Waals surface area contributed by atoms with Gasteiger partial charge < -0.3 is 10.6 Å². The number of amides is 1. The third kappa shape index (κ3) is 5.43. The second-order valence-corrected chi connectivity index (χ2v) is 7.49. The van der Waals surface area contributed by atoms with E-state index in [0.717, 1.165) is 17.0 Å². The molecule has 26 heavy (non-hydrogen) atoms. The number of benzene rings is 2. The van der Waals surface area contributed by atoms with E-state index in [2.05, 4.69) is 40.3 Å². The average Bonchev–Trinajstić information content (AvgIpc) is 3.17. The molecule has 0 aliphatic carbocycles. The lowest BCUT2D eigenvalue weighted by Crippen LogP contribution is -2.87. The number of rotatable bonds is 8. The average molecular weight is 386 g/mol. The van der Waals surface area contributed by atoms with Crippen LogP contribution in [0.25, 0.3) is 0 Å². The van der Waals surface area contributed by atoms with Crippen LogP contribution in [-0.4, -0.2) is 19.0 Å². The van der Waals surface area contributed by atoms with E-state index in [1.54, 1.807) is 11.3 Å². The van der Waals surface area contributed by atoms with Gasteiger partial charge in [0.1, 0.15) is 6.04 Å². The number of carbonyl (C=O) groups is 1. The molecule has 1 amide bonds. The summed E-state index contributed by atoms with van der Waals surface area (Å²) in [4.78, 5) is 13.5. The van der Waals surface area contributed by atoms with Crippen molar-refractivity contribution in [3.8, 4) is 0 Å². The summed E-state index contributed by atoms with van der Waals surface area (Å²) in [6, 6.07) is 22.4. The van der Waals surface area contributed by atoms with Gasteiger partial charge in [0.25, 0.3) is 5.91 Å². The molecule has 3 aromatic rings. The van der Waals surface area contributed by atoms with Crippen molar-refractivity contribution in [2.45, 2.75) is 12.5 Å². The Balaban J connectivity index is 1.51. The van der Waals surface area contributed by atoms with Crippen molar-refractivity contribution in [3.63, 3.8) is 0 Å². The molecule has 134 valence electrons. The van der Waals surface area contributed by atoms with Gasteiger partial charge >= 0.3 is 0 Å². The molecular weight excluding hydrogens is 364 g/mol. The molecule has 0 aliphatic rings. The molecule has 0 saturated heterocycles. The summed E-state index contributed by atoms with van der Waals surface area (Å²) in [6.07, 6.45) is 0.777. The minimum Gasteiger partial charge on any atom is -0.351 e. The van der Waals surface area contributed by atoms with Crippen LogP contribution >= 0.6 is 22.9 Å². The Labute approximate surface area is 163 Å². The fourth-order valence-corrected chi connectivity index (χ4v) is 3.94. The summed E-state index contributed by atoms with van der Waals surface area (Å²) in [6.45, 7) is 1.01. The van der Waals surface area contributed by atoms with Crippen molar-refractivity contribution in [2.75, 3.05) is 13.1 Å². The summed E-state index contributed by atoms with van der Waals surface area (Å²) >= 11 is 7.71. The maximum absolute atomic E-state index is 12.2. The first-order chi connectivity index (χ1) is 12.7. The highest BCUT2D eigenvalue weighted by Gasteiger charge is 2.19. The van der Waals surface area contributed by atoms with Crippen molar-refractivity contribution in [1.29, 1.82) is 0 Å². The summed E-state index contributed by atoms with van der Waals surface area (Å²) < 4.78 is 0. The largest absolute Gasteiger partial charge is 0.351 e. The maximum atomic E-state index is 12.2. The molecule has 3 nitrogen and oxygen atoms in total. The third-order valence-electron chi connectivity index (χ3n) is 4.17. The molecule has 1 aromatic heterocycles. The van der Waals surface area contributed by atoms with E-state index in [-0.39, 0.29) is 11.9 Å². The third-order valence-corrected chi connectivity index (χ3v) is 5.36. The molecule has 1 heterocycles. The van der Waals surface area contributed by atoms with Crippen LogP contribution < -0.4 is 10.6 Å². The summed E-state index contributed by atoms with van der Waals surface area (Å²) in [7, 11) is 0. The van der Waals surface area contributed by atoms with Crippen molar-refractivity contribution < 1.29 is 10.1 Å². The quantitative estimate of drug-likeness (QED) is 0.613. The summed E-state index contributed by atoms with van der Waals surface area (Å²) in [5.41, 5.74) is 2.34. The van der Waals surface area contributed by atoms with Crippen LogP contribution in [0.3, 0.4) is 0 Å². The second kappa shape index (κ2) is 9.53. The van der Waals surface area contributed by atoms with Crippen LogP contribution in [0.2, 0.25) is 5.02 Å². The van der Waals surface area contributed by atoms with Crippen LogP contribution in [0.15, 0.2) is 72.1 Å². The standard InChI is InChI=1S/C21H21ClN2OS/c22-18-9-4-6-16(14-18)11-12-23-20(25)15-24-21(19-10-5-13-26-19)17-7-2-1-3-8-17/h1-10,13-14,21,24H,11-12,15H2,(H,23,25)/p+1/t21-/m0/s1. The predicted octanol–water partition coefficient (Wildman–Crippen LogP) is 3.41. The number of hydrogen-bond donors (Lipinski definition) is 2. The molecule has 0 aliphatic heterocycles. The molecule has 0 spiro atoms. The Hall–Kier alpha value is -2.14. The van der Waals surface area contributed by atoms with E-state index in [1.807, 2.05) is 42.5 Å². The van der Waals surface area contributed by atoms with Gasteiger partial charge in [-0.05, 0) is 35.6 Å². The predicted molar refractivity (Wildman–Crippen MR) is 108 cm³/mol. The Morgan fingerprint density at radius 2 is 1.92 bits per heavy atom. The Bertz CT molecular complexity index is 821. The number of thiophene rings is 1. The van der Waals surface area contributed by atoms with Gasteiger partial charge in [0.2, 0.25) is 0 Å². The van der Waals surface area contributed by atoms with Gasteiger partial charge in [-0.3, -0.25) is 4.79 Å². The van der Waals surface area contributed by atoms with Gasteiger partial charge in [-0.15, -0.1) is 11.3 Å². The molecule has 0 unspecified atom stereocenters. The number of carbonyl (C=O) groups excluding carboxylic acids is 1. The van der Waals surface area contributed by atoms with Crippen LogP contribution in [-0.2, 0) is 11.2 Å². The van der Waals surface area contributed by atoms with E-state index in [0.29, 0.717) is 13.1 Å². The van der Waals surface area contributed by atoms with Crippen molar-refractivity contribution in [2.24, 2.45) is 0 Å². The van der Waals surface area contributed by atoms with Gasteiger partial charge in [0.15, 0.2) is 6.54 Å². The second-order valence-electron chi connectivity index (χ2n) is 6.07. The van der Waals surface area contributed by atoms with Crippen LogP contribution in [0.5, 0.6) is 0 Å². The maximum Gasteiger partial charge on any atom is 0.275 e. The van der Waals surface area contributed by atoms with E-state index in [1.165, 1.54) is 10.4 Å². The van der Waals surface area contributed by atoms with Gasteiger partial charge in [0, 0.05) is 17.1 Å². The first kappa shape index (κ1) is 18.6. The van der Waals surface area contributed by atoms with E-state index in [4.69, 9.17) is 11.6 Å². The minimum atomic E-state index is 0.0458. The zero-order valence-corrected chi connectivity index (χ0v) is 16.0. The Morgan fingerprint density at radius 1 is 1.08 bits per heavy atom. The smallest absolute Gasteiger partial charge is 0.275 e. The zero-order chi connectivity index (χ0) is 18.2. The first-order valence-electron chi connectivity index (χ1n) is 8.65. The molecule has 0 bridgehead atoms. The van der Waals surface area contributed by atoms with Gasteiger partial charge in [-0.1, -0.05) is 60.1 Å². The first-order valence-corrected chi connectivity index (χ1v) is 9.91. The normalized spacial score (nSPS) is 11.9. The molecule has 3 rings (SSSR count). The Kier molecular flexibility index (Phi) is 6.83. The molecule has 0 fully saturated rings. The zero-order valence-electron chi connectivity index (χ0n) is 14.4. The van der Waals surface area contributed by atoms with Crippen LogP contribution in [0, 0.1) is 0 Å². The molecule has 0 radical (unpaired) electrons. The highest BCUT2D eigenvalue weighted by molar-refractivity contribution is 7.10. The van der Waals surface area contributed by atoms with E-state index in [9.17, 15) is 4.79 Å². The van der Waals surface area contributed by atoms with Gasteiger partial charge in [-0.25, -0.2) is 0 Å². The lowest BCUT2D eigenvalue weighted by atomic mass is 10.1. The number of nitrogens with two attached hydrogens (primary N) is 1. The molecule has 2 aromatic carbocycles. The molecule has 5 heteroatoms. The summed E-state index contributed by atoms with van der Waals surface area (Å²) in [5.74, 6) is 0.0458. The highest BCUT2D eigenvalue weighted by atomic mass is 35.5. The highest BCUT2D eigenvalue weighted by Crippen LogP contribution is 2.22. The van der Waals surface area contributed by atoms with E-state index < -0.39 is 0 Å². The minimum absolute atomic E-state index is 0.0458. The fourth-order valence-electron chi connectivity index (χ4n) is 2.88. The number of quaternary nitrogens is 1. The number of hydrogen-bond acceptors (Lipinski definition) is 2. The number of nitrogens with one attached hydrogen (secondary N) is 1. The molecule has 3 N–H and O–H groups in total. The Morgan fingerprint density at radius 3 is 2.65 bits per heavy atom. The molecular formula is C21H22ClN2OS+. The van der Waals surface area contributed by atoms with Crippen molar-refractivity contribution in [1.82, 2.24) is 5.32 Å². The topological polar surface area (TPSA) is 45.7 Å². The van der Waals surface area contributed by atoms with Crippen LogP contribution in [0.4, 0.5) is 0 Å². The fraction of sp³-hybridized carbons (Fsp3) is 0.190. The molecule has 0 saturated carbocycles. The molecule has 1 atom stereocenters. The monoisotopic (exact) mass is 385 g/mol. The van der Waals surface area contributed by atoms with Crippen molar-refractivity contribution >= 4 is 28.8 Å². The van der Waals surface area contributed by atoms with Gasteiger partial charge in [-0.2, -0.15) is 0 Å². The SMILES string of the molecule is O=C(C[NH2+][C@@H](c1ccccc1)c1cccs1)NCCc1cccc(Cl)c1. The lowest BCUT2D eigenvalue weighted by Gasteiger charge is -2.14. The van der Waals surface area contributed by atoms with E-state index >= 15 is 0 Å². The summed E-state index contributed by atoms with van der Waals surface area (Å²) in [5, 5.41) is 7.89. The van der Waals surface area contributed by atoms with Gasteiger partial charge in [0.05, 0.1) is 4.88 Å². The number of halogens is 1. The van der Waals surface area contributed by atoms with Crippen molar-refractivity contribution in [3.05, 3.63) is 93.1 Å².